The first-order chi connectivity index (χ1) is 15.1. The van der Waals surface area contributed by atoms with E-state index in [0.29, 0.717) is 12.0 Å². The minimum absolute atomic E-state index is 0.0400. The zero-order valence-electron chi connectivity index (χ0n) is 18.3. The second-order valence-electron chi connectivity index (χ2n) is 8.69. The van der Waals surface area contributed by atoms with E-state index in [0.717, 1.165) is 5.56 Å². The van der Waals surface area contributed by atoms with Crippen molar-refractivity contribution >= 4 is 12.2 Å². The van der Waals surface area contributed by atoms with E-state index in [-0.39, 0.29) is 13.1 Å². The van der Waals surface area contributed by atoms with Crippen LogP contribution in [-0.4, -0.2) is 57.6 Å². The van der Waals surface area contributed by atoms with Gasteiger partial charge in [-0.15, -0.1) is 0 Å². The molecule has 2 N–H and O–H groups in total. The van der Waals surface area contributed by atoms with E-state index in [2.05, 4.69) is 10.3 Å². The highest BCUT2D eigenvalue weighted by Gasteiger charge is 2.47. The molecule has 2 aromatic rings. The number of hydrogen-bond donors (Lipinski definition) is 2. The summed E-state index contributed by atoms with van der Waals surface area (Å²) in [5.74, 6) is -0.409. The lowest BCUT2D eigenvalue weighted by molar-refractivity contribution is 0.00587. The molecule has 2 amide bonds. The topological polar surface area (TPSA) is 101 Å². The van der Waals surface area contributed by atoms with Crippen LogP contribution in [0.3, 0.4) is 0 Å². The summed E-state index contributed by atoms with van der Waals surface area (Å²) in [6.07, 6.45) is 0.147. The number of benzene rings is 1. The number of hydrogen-bond acceptors (Lipinski definition) is 6. The smallest absolute Gasteiger partial charge is 0.410 e. The molecule has 1 saturated heterocycles. The van der Waals surface area contributed by atoms with Crippen LogP contribution in [-0.2, 0) is 22.4 Å². The number of β-amino-alcohol motifs (C(OH)–C–C–N with tert-alkyl or cyclic N) is 1. The van der Waals surface area contributed by atoms with Crippen molar-refractivity contribution in [2.45, 2.75) is 57.6 Å². The number of aliphatic hydroxyl groups is 1. The van der Waals surface area contributed by atoms with E-state index in [1.165, 1.54) is 17.0 Å². The van der Waals surface area contributed by atoms with Gasteiger partial charge in [-0.05, 0) is 56.5 Å². The number of halogens is 1. The molecule has 0 saturated carbocycles. The average Bonchev–Trinajstić information content (AvgIpc) is 3.02. The number of nitrogens with zero attached hydrogens (tertiary/aromatic N) is 2. The van der Waals surface area contributed by atoms with Gasteiger partial charge in [-0.1, -0.05) is 18.2 Å². The number of carbonyl (C=O) groups is 2. The number of pyridine rings is 1. The van der Waals surface area contributed by atoms with Crippen LogP contribution in [0.2, 0.25) is 0 Å². The van der Waals surface area contributed by atoms with E-state index < -0.39 is 41.9 Å². The zero-order chi connectivity index (χ0) is 23.3. The standard InChI is InChI=1S/C23H28FN3O5/c1-23(2,3)32-22(30)27-14-19(28)20(18(27)11-16-7-5-9-25-12-16)31-21(29)26-13-15-6-4-8-17(24)10-15/h4-10,12,18-20,28H,11,13-14H2,1-3H3,(H,26,29)/t18-,19+,20+/m1/s1. The molecule has 1 fully saturated rings. The van der Waals surface area contributed by atoms with Crippen LogP contribution in [0.1, 0.15) is 31.9 Å². The lowest BCUT2D eigenvalue weighted by Crippen LogP contribution is -2.46. The van der Waals surface area contributed by atoms with Crippen LogP contribution in [0.5, 0.6) is 0 Å². The van der Waals surface area contributed by atoms with Crippen molar-refractivity contribution in [3.8, 4) is 0 Å². The van der Waals surface area contributed by atoms with Crippen molar-refractivity contribution in [2.24, 2.45) is 0 Å². The predicted molar refractivity (Wildman–Crippen MR) is 114 cm³/mol. The van der Waals surface area contributed by atoms with Gasteiger partial charge in [-0.2, -0.15) is 0 Å². The number of ether oxygens (including phenoxy) is 2. The molecule has 0 radical (unpaired) electrons. The summed E-state index contributed by atoms with van der Waals surface area (Å²) < 4.78 is 24.3. The second-order valence-corrected chi connectivity index (χ2v) is 8.69. The minimum atomic E-state index is -1.09. The van der Waals surface area contributed by atoms with Crippen LogP contribution >= 0.6 is 0 Å². The number of aliphatic hydroxyl groups excluding tert-OH is 1. The molecular formula is C23H28FN3O5. The maximum Gasteiger partial charge on any atom is 0.410 e. The number of rotatable bonds is 5. The SMILES string of the molecule is CC(C)(C)OC(=O)N1C[C@H](O)[C@@H](OC(=O)NCc2cccc(F)c2)[C@H]1Cc1cccnc1. The van der Waals surface area contributed by atoms with Crippen molar-refractivity contribution in [3.05, 3.63) is 65.7 Å². The third-order valence-electron chi connectivity index (χ3n) is 4.91. The van der Waals surface area contributed by atoms with Crippen molar-refractivity contribution in [2.75, 3.05) is 6.54 Å². The molecule has 0 spiro atoms. The average molecular weight is 445 g/mol. The first kappa shape index (κ1) is 23.5. The molecule has 1 aliphatic heterocycles. The lowest BCUT2D eigenvalue weighted by atomic mass is 10.0. The van der Waals surface area contributed by atoms with Crippen molar-refractivity contribution in [3.63, 3.8) is 0 Å². The van der Waals surface area contributed by atoms with Gasteiger partial charge in [0, 0.05) is 18.9 Å². The molecule has 32 heavy (non-hydrogen) atoms. The van der Waals surface area contributed by atoms with E-state index in [1.54, 1.807) is 51.4 Å². The first-order valence-electron chi connectivity index (χ1n) is 10.4. The van der Waals surface area contributed by atoms with Gasteiger partial charge in [0.15, 0.2) is 6.10 Å². The molecule has 0 bridgehead atoms. The van der Waals surface area contributed by atoms with Gasteiger partial charge >= 0.3 is 12.2 Å². The van der Waals surface area contributed by atoms with Gasteiger partial charge in [0.2, 0.25) is 0 Å². The quantitative estimate of drug-likeness (QED) is 0.734. The predicted octanol–water partition coefficient (Wildman–Crippen LogP) is 3.04. The highest BCUT2D eigenvalue weighted by molar-refractivity contribution is 5.70. The highest BCUT2D eigenvalue weighted by Crippen LogP contribution is 2.27. The van der Waals surface area contributed by atoms with E-state index in [4.69, 9.17) is 9.47 Å². The molecule has 3 rings (SSSR count). The maximum atomic E-state index is 13.3. The summed E-state index contributed by atoms with van der Waals surface area (Å²) in [6.45, 7) is 5.27. The molecule has 2 heterocycles. The van der Waals surface area contributed by atoms with Gasteiger partial charge in [0.05, 0.1) is 12.6 Å². The fraction of sp³-hybridized carbons (Fsp3) is 0.435. The van der Waals surface area contributed by atoms with Gasteiger partial charge in [-0.3, -0.25) is 9.88 Å². The lowest BCUT2D eigenvalue weighted by Gasteiger charge is -2.30. The second kappa shape index (κ2) is 9.95. The summed E-state index contributed by atoms with van der Waals surface area (Å²) in [6, 6.07) is 8.78. The molecule has 172 valence electrons. The van der Waals surface area contributed by atoms with Crippen LogP contribution < -0.4 is 5.32 Å². The van der Waals surface area contributed by atoms with Crippen LogP contribution in [0.15, 0.2) is 48.8 Å². The highest BCUT2D eigenvalue weighted by atomic mass is 19.1. The number of nitrogens with one attached hydrogen (secondary N) is 1. The Hall–Kier alpha value is -3.20. The Balaban J connectivity index is 1.72. The summed E-state index contributed by atoms with van der Waals surface area (Å²) in [5.41, 5.74) is 0.660. The molecule has 9 heteroatoms. The number of carbonyl (C=O) groups excluding carboxylic acids is 2. The van der Waals surface area contributed by atoms with E-state index in [9.17, 15) is 19.1 Å². The van der Waals surface area contributed by atoms with E-state index in [1.807, 2.05) is 6.07 Å². The summed E-state index contributed by atoms with van der Waals surface area (Å²) in [4.78, 5) is 30.7. The molecule has 3 atom stereocenters. The van der Waals surface area contributed by atoms with Crippen molar-refractivity contribution in [1.82, 2.24) is 15.2 Å². The van der Waals surface area contributed by atoms with Crippen LogP contribution in [0.25, 0.3) is 0 Å². The molecular weight excluding hydrogens is 417 g/mol. The van der Waals surface area contributed by atoms with Gasteiger partial charge < -0.3 is 19.9 Å². The molecule has 1 aliphatic rings. The Bertz CT molecular complexity index is 935. The molecule has 1 aromatic heterocycles. The summed E-state index contributed by atoms with van der Waals surface area (Å²) in [7, 11) is 0. The molecule has 8 nitrogen and oxygen atoms in total. The summed E-state index contributed by atoms with van der Waals surface area (Å²) in [5, 5.41) is 13.2. The molecule has 0 unspecified atom stereocenters. The maximum absolute atomic E-state index is 13.3. The fourth-order valence-corrected chi connectivity index (χ4v) is 3.54. The van der Waals surface area contributed by atoms with Crippen LogP contribution in [0, 0.1) is 5.82 Å². The van der Waals surface area contributed by atoms with Crippen molar-refractivity contribution in [1.29, 1.82) is 0 Å². The zero-order valence-corrected chi connectivity index (χ0v) is 18.3. The largest absolute Gasteiger partial charge is 0.444 e. The number of amides is 2. The van der Waals surface area contributed by atoms with Gasteiger partial charge in [-0.25, -0.2) is 14.0 Å². The molecule has 0 aliphatic carbocycles. The number of aromatic nitrogens is 1. The third kappa shape index (κ3) is 6.40. The minimum Gasteiger partial charge on any atom is -0.444 e. The van der Waals surface area contributed by atoms with Crippen molar-refractivity contribution < 1.29 is 28.6 Å². The Morgan fingerprint density at radius 2 is 2.00 bits per heavy atom. The monoisotopic (exact) mass is 445 g/mol. The normalized spacial score (nSPS) is 20.7. The Labute approximate surface area is 186 Å². The van der Waals surface area contributed by atoms with Gasteiger partial charge in [0.25, 0.3) is 0 Å². The summed E-state index contributed by atoms with van der Waals surface area (Å²) >= 11 is 0. The Morgan fingerprint density at radius 1 is 1.25 bits per heavy atom. The molecule has 1 aromatic carbocycles. The Morgan fingerprint density at radius 3 is 2.66 bits per heavy atom. The number of alkyl carbamates (subject to hydrolysis) is 1. The third-order valence-corrected chi connectivity index (χ3v) is 4.91. The first-order valence-corrected chi connectivity index (χ1v) is 10.4. The number of likely N-dealkylation sites (tertiary alicyclic amines) is 1. The van der Waals surface area contributed by atoms with E-state index >= 15 is 0 Å². The Kier molecular flexibility index (Phi) is 7.29. The van der Waals surface area contributed by atoms with Gasteiger partial charge in [0.1, 0.15) is 17.5 Å². The fourth-order valence-electron chi connectivity index (χ4n) is 3.54. The van der Waals surface area contributed by atoms with Crippen LogP contribution in [0.4, 0.5) is 14.0 Å².